The predicted molar refractivity (Wildman–Crippen MR) is 22.5 cm³/mol. The van der Waals surface area contributed by atoms with Gasteiger partial charge in [0.2, 0.25) is 0 Å². The summed E-state index contributed by atoms with van der Waals surface area (Å²) in [5.41, 5.74) is 0. The van der Waals surface area contributed by atoms with Crippen molar-refractivity contribution in [2.75, 3.05) is 0 Å². The summed E-state index contributed by atoms with van der Waals surface area (Å²) in [4.78, 5) is 21.6. The molecule has 0 aliphatic carbocycles. The van der Waals surface area contributed by atoms with Crippen LogP contribution in [-0.4, -0.2) is 44.2 Å². The molecule has 3 N–H and O–H groups in total. The van der Waals surface area contributed by atoms with E-state index in [-0.39, 0.29) is 29.6 Å². The molecule has 8 heavy (non-hydrogen) atoms. The SMILES string of the molecule is O=P(O)(O)O.[F][V].[NaH]. The van der Waals surface area contributed by atoms with Gasteiger partial charge in [-0.3, -0.25) is 0 Å². The van der Waals surface area contributed by atoms with Crippen LogP contribution in [0.2, 0.25) is 0 Å². The third-order valence-corrected chi connectivity index (χ3v) is 0. The Balaban J connectivity index is -0.0000000750. The number of hydrogen-bond acceptors (Lipinski definition) is 1. The second kappa shape index (κ2) is 8.62. The Hall–Kier alpha value is 1.62. The second-order valence-corrected chi connectivity index (χ2v) is 1.54. The molecule has 0 heterocycles. The van der Waals surface area contributed by atoms with Crippen LogP contribution < -0.4 is 0 Å². The van der Waals surface area contributed by atoms with Crippen LogP contribution in [0.3, 0.4) is 0 Å². The van der Waals surface area contributed by atoms with Gasteiger partial charge in [-0.25, -0.2) is 4.57 Å². The van der Waals surface area contributed by atoms with Crippen LogP contribution in [-0.2, 0) is 22.5 Å². The van der Waals surface area contributed by atoms with E-state index in [0.717, 1.165) is 17.9 Å². The molecule has 0 bridgehead atoms. The van der Waals surface area contributed by atoms with E-state index in [1.165, 1.54) is 0 Å². The molecular weight excluding hydrogens is 188 g/mol. The maximum atomic E-state index is 9.44. The molecule has 0 aromatic carbocycles. The molecular formula is H4FNaO4PV. The third-order valence-electron chi connectivity index (χ3n) is 0. The molecule has 0 aliphatic heterocycles. The van der Waals surface area contributed by atoms with Gasteiger partial charge in [-0.2, -0.15) is 0 Å². The molecule has 0 amide bonds. The first-order valence-corrected chi connectivity index (χ1v) is 3.04. The van der Waals surface area contributed by atoms with Crippen molar-refractivity contribution < 1.29 is 40.6 Å². The maximum absolute atomic E-state index is 9.44. The zero-order chi connectivity index (χ0) is 6.50. The first-order chi connectivity index (χ1) is 3.00. The topological polar surface area (TPSA) is 77.8 Å². The minimum absolute atomic E-state index is 0. The van der Waals surface area contributed by atoms with Gasteiger partial charge in [0.1, 0.15) is 0 Å². The Morgan fingerprint density at radius 2 is 1.25 bits per heavy atom. The monoisotopic (exact) mass is 192 g/mol. The van der Waals surface area contributed by atoms with E-state index in [1.54, 1.807) is 0 Å². The molecule has 0 aliphatic rings. The summed E-state index contributed by atoms with van der Waals surface area (Å²) >= 11 is 0.812. The average molecular weight is 192 g/mol. The molecule has 0 radical (unpaired) electrons. The molecule has 4 nitrogen and oxygen atoms in total. The fourth-order valence-corrected chi connectivity index (χ4v) is 0. The Morgan fingerprint density at radius 3 is 1.25 bits per heavy atom. The van der Waals surface area contributed by atoms with Crippen LogP contribution in [0.4, 0.5) is 3.41 Å². The summed E-state index contributed by atoms with van der Waals surface area (Å²) in [6.45, 7) is 0. The van der Waals surface area contributed by atoms with Crippen LogP contribution in [0.15, 0.2) is 0 Å². The Kier molecular flexibility index (Phi) is 17.6. The van der Waals surface area contributed by atoms with Gasteiger partial charge in [0.15, 0.2) is 0 Å². The summed E-state index contributed by atoms with van der Waals surface area (Å²) in [5, 5.41) is 0. The van der Waals surface area contributed by atoms with Gasteiger partial charge in [0, 0.05) is 0 Å². The molecule has 0 saturated carbocycles. The van der Waals surface area contributed by atoms with Crippen molar-refractivity contribution in [3.05, 3.63) is 0 Å². The summed E-state index contributed by atoms with van der Waals surface area (Å²) in [7, 11) is -4.64. The Bertz CT molecular complexity index is 62.2. The molecule has 0 spiro atoms. The zero-order valence-corrected chi connectivity index (χ0v) is 5.31. The molecule has 0 saturated heterocycles. The Morgan fingerprint density at radius 1 is 1.25 bits per heavy atom. The van der Waals surface area contributed by atoms with Crippen molar-refractivity contribution >= 4 is 37.4 Å². The zero-order valence-electron chi connectivity index (χ0n) is 3.02. The standard InChI is InChI=1S/FH.Na.H3O4P.V.H/c;;1-5(2,3)4;;/h1H;;(H3,1,2,3,4);;/q;;;+1;/p-1. The average Bonchev–Trinajstić information content (AvgIpc) is 1.36. The number of phosphoric acid groups is 1. The molecule has 0 aromatic rings. The van der Waals surface area contributed by atoms with Crippen LogP contribution in [0.5, 0.6) is 0 Å². The molecule has 8 heteroatoms. The van der Waals surface area contributed by atoms with Crippen molar-refractivity contribution in [1.82, 2.24) is 0 Å². The molecule has 0 atom stereocenters. The molecule has 0 aromatic heterocycles. The fraction of sp³-hybridized carbons (Fsp3) is 0. The Labute approximate surface area is 77.5 Å². The molecule has 0 unspecified atom stereocenters. The van der Waals surface area contributed by atoms with Crippen molar-refractivity contribution in [3.63, 3.8) is 0 Å². The van der Waals surface area contributed by atoms with E-state index in [1.807, 2.05) is 0 Å². The molecule has 0 rings (SSSR count). The quantitative estimate of drug-likeness (QED) is 0.334. The first-order valence-electron chi connectivity index (χ1n) is 0.952. The fourth-order valence-electron chi connectivity index (χ4n) is 0. The van der Waals surface area contributed by atoms with E-state index in [9.17, 15) is 3.41 Å². The van der Waals surface area contributed by atoms with Gasteiger partial charge < -0.3 is 14.7 Å². The number of halogens is 1. The van der Waals surface area contributed by atoms with Gasteiger partial charge in [-0.15, -0.1) is 0 Å². The van der Waals surface area contributed by atoms with Crippen LogP contribution in [0.25, 0.3) is 0 Å². The normalized spacial score (nSPS) is 8.00. The van der Waals surface area contributed by atoms with Gasteiger partial charge in [-0.05, 0) is 0 Å². The van der Waals surface area contributed by atoms with E-state index in [4.69, 9.17) is 19.2 Å². The summed E-state index contributed by atoms with van der Waals surface area (Å²) < 4.78 is 18.3. The number of rotatable bonds is 0. The van der Waals surface area contributed by atoms with Crippen LogP contribution >= 0.6 is 7.82 Å². The predicted octanol–water partition coefficient (Wildman–Crippen LogP) is -1.16. The van der Waals surface area contributed by atoms with Crippen molar-refractivity contribution in [2.45, 2.75) is 0 Å². The van der Waals surface area contributed by atoms with E-state index >= 15 is 0 Å². The first kappa shape index (κ1) is 16.3. The molecule has 0 fully saturated rings. The van der Waals surface area contributed by atoms with Gasteiger partial charge >= 0.3 is 58.7 Å². The summed E-state index contributed by atoms with van der Waals surface area (Å²) in [5.74, 6) is 0. The van der Waals surface area contributed by atoms with Crippen molar-refractivity contribution in [3.8, 4) is 0 Å². The third kappa shape index (κ3) is 127. The molecule has 46 valence electrons. The van der Waals surface area contributed by atoms with Gasteiger partial charge in [0.05, 0.1) is 0 Å². The minimum atomic E-state index is -4.64. The van der Waals surface area contributed by atoms with E-state index in [0.29, 0.717) is 0 Å². The second-order valence-electron chi connectivity index (χ2n) is 0.513. The van der Waals surface area contributed by atoms with Gasteiger partial charge in [0.25, 0.3) is 0 Å². The van der Waals surface area contributed by atoms with E-state index < -0.39 is 7.82 Å². The van der Waals surface area contributed by atoms with Crippen LogP contribution in [0, 0.1) is 0 Å². The van der Waals surface area contributed by atoms with Gasteiger partial charge in [-0.1, -0.05) is 0 Å². The van der Waals surface area contributed by atoms with Crippen molar-refractivity contribution in [2.24, 2.45) is 0 Å². The van der Waals surface area contributed by atoms with Crippen LogP contribution in [0.1, 0.15) is 0 Å². The summed E-state index contributed by atoms with van der Waals surface area (Å²) in [6, 6.07) is 0. The van der Waals surface area contributed by atoms with E-state index in [2.05, 4.69) is 0 Å². The summed E-state index contributed by atoms with van der Waals surface area (Å²) in [6.07, 6.45) is 0. The van der Waals surface area contributed by atoms with Crippen molar-refractivity contribution in [1.29, 1.82) is 0 Å². The number of hydrogen-bond donors (Lipinski definition) is 3.